The van der Waals surface area contributed by atoms with Crippen molar-refractivity contribution in [3.8, 4) is 17.2 Å². The predicted octanol–water partition coefficient (Wildman–Crippen LogP) is 4.00. The summed E-state index contributed by atoms with van der Waals surface area (Å²) in [7, 11) is 4.65. The van der Waals surface area contributed by atoms with Gasteiger partial charge in [0.2, 0.25) is 5.75 Å². The maximum atomic E-state index is 13.3. The summed E-state index contributed by atoms with van der Waals surface area (Å²) in [6.07, 6.45) is 3.99. The van der Waals surface area contributed by atoms with Crippen molar-refractivity contribution in [3.63, 3.8) is 0 Å². The highest BCUT2D eigenvalue weighted by Gasteiger charge is 2.34. The molecule has 0 saturated heterocycles. The van der Waals surface area contributed by atoms with Gasteiger partial charge in [-0.3, -0.25) is 4.79 Å². The second-order valence-electron chi connectivity index (χ2n) is 6.98. The van der Waals surface area contributed by atoms with Crippen LogP contribution in [-0.2, 0) is 6.54 Å². The van der Waals surface area contributed by atoms with E-state index in [0.29, 0.717) is 29.4 Å². The lowest BCUT2D eigenvalue weighted by molar-refractivity contribution is 0.0729. The van der Waals surface area contributed by atoms with Crippen LogP contribution in [0, 0.1) is 0 Å². The number of benzene rings is 2. The van der Waals surface area contributed by atoms with Crippen molar-refractivity contribution in [2.75, 3.05) is 21.3 Å². The fraction of sp³-hybridized carbons (Fsp3) is 0.318. The smallest absolute Gasteiger partial charge is 0.254 e. The van der Waals surface area contributed by atoms with Gasteiger partial charge in [0.1, 0.15) is 0 Å². The van der Waals surface area contributed by atoms with Crippen LogP contribution in [0.2, 0.25) is 0 Å². The second kappa shape index (κ2) is 7.46. The molecule has 0 bridgehead atoms. The highest BCUT2D eigenvalue weighted by atomic mass is 16.5. The molecule has 6 nitrogen and oxygen atoms in total. The highest BCUT2D eigenvalue weighted by Crippen LogP contribution is 2.39. The highest BCUT2D eigenvalue weighted by molar-refractivity contribution is 5.96. The Morgan fingerprint density at radius 2 is 1.75 bits per heavy atom. The number of ether oxygens (including phenoxy) is 3. The number of aromatic amines is 1. The summed E-state index contributed by atoms with van der Waals surface area (Å²) in [6.45, 7) is 0.571. The molecule has 146 valence electrons. The molecule has 0 atom stereocenters. The number of amides is 1. The third kappa shape index (κ3) is 3.38. The Bertz CT molecular complexity index is 982. The fourth-order valence-electron chi connectivity index (χ4n) is 3.52. The van der Waals surface area contributed by atoms with Crippen LogP contribution in [0.3, 0.4) is 0 Å². The van der Waals surface area contributed by atoms with Gasteiger partial charge in [-0.1, -0.05) is 6.07 Å². The molecule has 0 unspecified atom stereocenters. The first-order valence-corrected chi connectivity index (χ1v) is 9.31. The quantitative estimate of drug-likeness (QED) is 0.673. The zero-order valence-corrected chi connectivity index (χ0v) is 16.3. The topological polar surface area (TPSA) is 63.8 Å². The molecule has 2 aromatic carbocycles. The van der Waals surface area contributed by atoms with Crippen LogP contribution >= 0.6 is 0 Å². The number of rotatable bonds is 7. The van der Waals surface area contributed by atoms with Gasteiger partial charge in [0.05, 0.1) is 21.3 Å². The summed E-state index contributed by atoms with van der Waals surface area (Å²) >= 11 is 0. The Morgan fingerprint density at radius 1 is 1.04 bits per heavy atom. The fourth-order valence-corrected chi connectivity index (χ4v) is 3.52. The monoisotopic (exact) mass is 380 g/mol. The summed E-state index contributed by atoms with van der Waals surface area (Å²) in [5.41, 5.74) is 2.74. The van der Waals surface area contributed by atoms with E-state index in [1.54, 1.807) is 33.5 Å². The van der Waals surface area contributed by atoms with Gasteiger partial charge in [-0.15, -0.1) is 0 Å². The van der Waals surface area contributed by atoms with Crippen LogP contribution in [0.1, 0.15) is 28.8 Å². The van der Waals surface area contributed by atoms with Crippen molar-refractivity contribution in [3.05, 3.63) is 53.7 Å². The number of nitrogens with zero attached hydrogens (tertiary/aromatic N) is 1. The molecule has 0 spiro atoms. The molecule has 4 rings (SSSR count). The number of hydrogen-bond donors (Lipinski definition) is 1. The Balaban J connectivity index is 1.65. The third-order valence-corrected chi connectivity index (χ3v) is 5.13. The van der Waals surface area contributed by atoms with E-state index in [1.807, 2.05) is 17.2 Å². The van der Waals surface area contributed by atoms with Crippen molar-refractivity contribution in [1.82, 2.24) is 9.88 Å². The van der Waals surface area contributed by atoms with Crippen molar-refractivity contribution < 1.29 is 19.0 Å². The van der Waals surface area contributed by atoms with Crippen LogP contribution in [-0.4, -0.2) is 43.2 Å². The minimum Gasteiger partial charge on any atom is -0.493 e. The average molecular weight is 380 g/mol. The molecule has 1 heterocycles. The van der Waals surface area contributed by atoms with Crippen LogP contribution < -0.4 is 14.2 Å². The molecule has 1 aliphatic carbocycles. The minimum atomic E-state index is -0.0316. The molecule has 1 aromatic heterocycles. The van der Waals surface area contributed by atoms with Crippen LogP contribution in [0.15, 0.2) is 42.6 Å². The van der Waals surface area contributed by atoms with E-state index in [1.165, 1.54) is 0 Å². The Labute approximate surface area is 164 Å². The van der Waals surface area contributed by atoms with Gasteiger partial charge in [-0.05, 0) is 54.1 Å². The summed E-state index contributed by atoms with van der Waals surface area (Å²) in [5.74, 6) is 1.41. The number of hydrogen-bond acceptors (Lipinski definition) is 4. The number of carbonyl (C=O) groups is 1. The molecule has 1 aliphatic rings. The molecule has 1 amide bonds. The zero-order valence-electron chi connectivity index (χ0n) is 16.3. The van der Waals surface area contributed by atoms with E-state index >= 15 is 0 Å². The molecule has 1 saturated carbocycles. The van der Waals surface area contributed by atoms with Gasteiger partial charge in [0.15, 0.2) is 11.5 Å². The minimum absolute atomic E-state index is 0.0316. The standard InChI is InChI=1S/C22H24N2O4/c1-26-19-11-16(12-20(27-2)21(19)28-3)22(25)24(17-5-6-17)13-14-4-7-18-15(10-14)8-9-23-18/h4,7-12,17,23H,5-6,13H2,1-3H3. The zero-order chi connectivity index (χ0) is 19.7. The normalized spacial score (nSPS) is 13.4. The molecule has 3 aromatic rings. The third-order valence-electron chi connectivity index (χ3n) is 5.13. The van der Waals surface area contributed by atoms with Gasteiger partial charge in [-0.2, -0.15) is 0 Å². The van der Waals surface area contributed by atoms with E-state index in [9.17, 15) is 4.79 Å². The van der Waals surface area contributed by atoms with Gasteiger partial charge in [-0.25, -0.2) is 0 Å². The van der Waals surface area contributed by atoms with Crippen LogP contribution in [0.4, 0.5) is 0 Å². The van der Waals surface area contributed by atoms with E-state index in [4.69, 9.17) is 14.2 Å². The van der Waals surface area contributed by atoms with Crippen molar-refractivity contribution >= 4 is 16.8 Å². The Morgan fingerprint density at radius 3 is 2.36 bits per heavy atom. The maximum absolute atomic E-state index is 13.3. The van der Waals surface area contributed by atoms with E-state index < -0.39 is 0 Å². The van der Waals surface area contributed by atoms with Gasteiger partial charge >= 0.3 is 0 Å². The molecule has 1 N–H and O–H groups in total. The van der Waals surface area contributed by atoms with E-state index in [-0.39, 0.29) is 11.9 Å². The Hall–Kier alpha value is -3.15. The molecular formula is C22H24N2O4. The van der Waals surface area contributed by atoms with Crippen molar-refractivity contribution in [1.29, 1.82) is 0 Å². The summed E-state index contributed by atoms with van der Waals surface area (Å²) < 4.78 is 16.2. The molecule has 0 radical (unpaired) electrons. The number of fused-ring (bicyclic) bond motifs is 1. The van der Waals surface area contributed by atoms with Gasteiger partial charge in [0, 0.05) is 29.9 Å². The van der Waals surface area contributed by atoms with Crippen LogP contribution in [0.25, 0.3) is 10.9 Å². The number of aromatic nitrogens is 1. The van der Waals surface area contributed by atoms with Gasteiger partial charge in [0.25, 0.3) is 5.91 Å². The number of methoxy groups -OCH3 is 3. The average Bonchev–Trinajstić information content (AvgIpc) is 3.46. The predicted molar refractivity (Wildman–Crippen MR) is 107 cm³/mol. The number of nitrogens with one attached hydrogen (secondary N) is 1. The number of H-pyrrole nitrogens is 1. The first-order valence-electron chi connectivity index (χ1n) is 9.31. The molecule has 1 fully saturated rings. The largest absolute Gasteiger partial charge is 0.493 e. The summed E-state index contributed by atoms with van der Waals surface area (Å²) in [5, 5.41) is 1.15. The lowest BCUT2D eigenvalue weighted by Crippen LogP contribution is -2.32. The van der Waals surface area contributed by atoms with Crippen molar-refractivity contribution in [2.24, 2.45) is 0 Å². The second-order valence-corrected chi connectivity index (χ2v) is 6.98. The van der Waals surface area contributed by atoms with Crippen LogP contribution in [0.5, 0.6) is 17.2 Å². The Kier molecular flexibility index (Phi) is 4.86. The SMILES string of the molecule is COc1cc(C(=O)N(Cc2ccc3[nH]ccc3c2)C2CC2)cc(OC)c1OC. The molecule has 0 aliphatic heterocycles. The summed E-state index contributed by atoms with van der Waals surface area (Å²) in [6, 6.07) is 12.0. The molecular weight excluding hydrogens is 356 g/mol. The van der Waals surface area contributed by atoms with Gasteiger partial charge < -0.3 is 24.1 Å². The summed E-state index contributed by atoms with van der Waals surface area (Å²) in [4.78, 5) is 18.5. The number of carbonyl (C=O) groups excluding carboxylic acids is 1. The lowest BCUT2D eigenvalue weighted by atomic mass is 10.1. The maximum Gasteiger partial charge on any atom is 0.254 e. The van der Waals surface area contributed by atoms with E-state index in [0.717, 1.165) is 29.3 Å². The molecule has 28 heavy (non-hydrogen) atoms. The molecule has 6 heteroatoms. The lowest BCUT2D eigenvalue weighted by Gasteiger charge is -2.24. The first kappa shape index (κ1) is 18.2. The van der Waals surface area contributed by atoms with E-state index in [2.05, 4.69) is 23.2 Å². The first-order chi connectivity index (χ1) is 13.6. The van der Waals surface area contributed by atoms with Crippen molar-refractivity contribution in [2.45, 2.75) is 25.4 Å².